The predicted octanol–water partition coefficient (Wildman–Crippen LogP) is 1.05. The van der Waals surface area contributed by atoms with E-state index in [1.807, 2.05) is 0 Å². The lowest BCUT2D eigenvalue weighted by molar-refractivity contribution is -0.151. The van der Waals surface area contributed by atoms with Gasteiger partial charge in [-0.2, -0.15) is 0 Å². The van der Waals surface area contributed by atoms with Crippen molar-refractivity contribution in [1.82, 2.24) is 0 Å². The van der Waals surface area contributed by atoms with Gasteiger partial charge in [-0.1, -0.05) is 13.8 Å². The van der Waals surface area contributed by atoms with Gasteiger partial charge in [0.25, 0.3) is 0 Å². The number of hydrogen-bond acceptors (Lipinski definition) is 6. The molecule has 0 radical (unpaired) electrons. The van der Waals surface area contributed by atoms with Crippen molar-refractivity contribution in [1.29, 1.82) is 0 Å². The molecule has 8 heteroatoms. The standard InChI is InChI=1S/C15H24O8/c1-4-12(10(16)6-14(18)19)22-8-9(3)23-13(5-2)11(17)7-15(20)21/h9,12-13H,4-8H2,1-3H3,(H,18,19)(H,20,21). The van der Waals surface area contributed by atoms with Gasteiger partial charge in [0.1, 0.15) is 25.0 Å². The molecule has 23 heavy (non-hydrogen) atoms. The van der Waals surface area contributed by atoms with Crippen molar-refractivity contribution in [3.05, 3.63) is 0 Å². The van der Waals surface area contributed by atoms with E-state index < -0.39 is 54.7 Å². The first-order chi connectivity index (χ1) is 10.7. The molecule has 0 amide bonds. The molecule has 0 spiro atoms. The molecule has 0 aromatic heterocycles. The van der Waals surface area contributed by atoms with Crippen LogP contribution in [-0.2, 0) is 28.7 Å². The summed E-state index contributed by atoms with van der Waals surface area (Å²) in [6, 6.07) is 0. The molecule has 0 saturated carbocycles. The Labute approximate surface area is 134 Å². The Morgan fingerprint density at radius 2 is 1.30 bits per heavy atom. The molecule has 0 aliphatic rings. The number of hydrogen-bond donors (Lipinski definition) is 2. The Bertz CT molecular complexity index is 431. The van der Waals surface area contributed by atoms with Crippen molar-refractivity contribution in [3.63, 3.8) is 0 Å². The molecule has 132 valence electrons. The van der Waals surface area contributed by atoms with E-state index in [2.05, 4.69) is 0 Å². The summed E-state index contributed by atoms with van der Waals surface area (Å²) in [6.45, 7) is 5.02. The van der Waals surface area contributed by atoms with E-state index in [0.29, 0.717) is 12.8 Å². The first-order valence-corrected chi connectivity index (χ1v) is 7.47. The zero-order chi connectivity index (χ0) is 18.0. The van der Waals surface area contributed by atoms with Crippen molar-refractivity contribution >= 4 is 23.5 Å². The third kappa shape index (κ3) is 9.04. The first-order valence-electron chi connectivity index (χ1n) is 7.47. The molecule has 8 nitrogen and oxygen atoms in total. The zero-order valence-electron chi connectivity index (χ0n) is 13.6. The second kappa shape index (κ2) is 10.8. The third-order valence-corrected chi connectivity index (χ3v) is 3.04. The summed E-state index contributed by atoms with van der Waals surface area (Å²) in [5.41, 5.74) is 0. The number of Topliss-reactive ketones (excluding diaryl/α,β-unsaturated/α-hetero) is 2. The van der Waals surface area contributed by atoms with Gasteiger partial charge < -0.3 is 19.7 Å². The third-order valence-electron chi connectivity index (χ3n) is 3.04. The minimum absolute atomic E-state index is 0.000711. The van der Waals surface area contributed by atoms with Gasteiger partial charge in [0.05, 0.1) is 12.7 Å². The summed E-state index contributed by atoms with van der Waals surface area (Å²) in [5.74, 6) is -3.49. The van der Waals surface area contributed by atoms with Gasteiger partial charge in [-0.05, 0) is 19.8 Å². The average molecular weight is 332 g/mol. The van der Waals surface area contributed by atoms with Gasteiger partial charge >= 0.3 is 11.9 Å². The summed E-state index contributed by atoms with van der Waals surface area (Å²) < 4.78 is 10.8. The summed E-state index contributed by atoms with van der Waals surface area (Å²) in [4.78, 5) is 44.4. The van der Waals surface area contributed by atoms with Crippen molar-refractivity contribution in [3.8, 4) is 0 Å². The maximum Gasteiger partial charge on any atom is 0.310 e. The molecule has 0 fully saturated rings. The lowest BCUT2D eigenvalue weighted by atomic mass is 10.1. The molecular formula is C15H24O8. The Kier molecular flexibility index (Phi) is 10.00. The summed E-state index contributed by atoms with van der Waals surface area (Å²) in [5, 5.41) is 17.2. The fourth-order valence-electron chi connectivity index (χ4n) is 1.94. The van der Waals surface area contributed by atoms with E-state index >= 15 is 0 Å². The van der Waals surface area contributed by atoms with Crippen molar-refractivity contribution < 1.29 is 38.9 Å². The molecule has 0 rings (SSSR count). The lowest BCUT2D eigenvalue weighted by Gasteiger charge is -2.22. The quantitative estimate of drug-likeness (QED) is 0.479. The number of carboxylic acid groups (broad SMARTS) is 2. The molecule has 2 N–H and O–H groups in total. The molecular weight excluding hydrogens is 308 g/mol. The smallest absolute Gasteiger partial charge is 0.310 e. The van der Waals surface area contributed by atoms with Crippen LogP contribution in [0.2, 0.25) is 0 Å². The normalized spacial score (nSPS) is 14.7. The van der Waals surface area contributed by atoms with Gasteiger partial charge in [-0.25, -0.2) is 0 Å². The number of carbonyl (C=O) groups is 4. The largest absolute Gasteiger partial charge is 0.481 e. The highest BCUT2D eigenvalue weighted by Gasteiger charge is 2.24. The highest BCUT2D eigenvalue weighted by atomic mass is 16.5. The fourth-order valence-corrected chi connectivity index (χ4v) is 1.94. The number of aliphatic carboxylic acids is 2. The maximum atomic E-state index is 11.7. The first kappa shape index (κ1) is 21.2. The van der Waals surface area contributed by atoms with Crippen LogP contribution < -0.4 is 0 Å². The Morgan fingerprint density at radius 3 is 1.70 bits per heavy atom. The fraction of sp³-hybridized carbons (Fsp3) is 0.733. The molecule has 0 aromatic carbocycles. The monoisotopic (exact) mass is 332 g/mol. The Morgan fingerprint density at radius 1 is 0.870 bits per heavy atom. The van der Waals surface area contributed by atoms with Crippen LogP contribution in [0.4, 0.5) is 0 Å². The number of ether oxygens (including phenoxy) is 2. The van der Waals surface area contributed by atoms with Gasteiger partial charge in [0, 0.05) is 0 Å². The lowest BCUT2D eigenvalue weighted by Crippen LogP contribution is -2.34. The van der Waals surface area contributed by atoms with Crippen LogP contribution in [0.15, 0.2) is 0 Å². The number of ketones is 2. The molecule has 0 bridgehead atoms. The Hall–Kier alpha value is -1.80. The summed E-state index contributed by atoms with van der Waals surface area (Å²) in [7, 11) is 0. The highest BCUT2D eigenvalue weighted by Crippen LogP contribution is 2.10. The van der Waals surface area contributed by atoms with Crippen LogP contribution in [-0.4, -0.2) is 58.6 Å². The van der Waals surface area contributed by atoms with Gasteiger partial charge in [-0.15, -0.1) is 0 Å². The van der Waals surface area contributed by atoms with Gasteiger partial charge in [0.15, 0.2) is 11.6 Å². The van der Waals surface area contributed by atoms with E-state index in [4.69, 9.17) is 19.7 Å². The number of carboxylic acids is 2. The highest BCUT2D eigenvalue weighted by molar-refractivity contribution is 5.97. The zero-order valence-corrected chi connectivity index (χ0v) is 13.6. The molecule has 0 heterocycles. The minimum Gasteiger partial charge on any atom is -0.481 e. The molecule has 0 aliphatic heterocycles. The molecule has 3 atom stereocenters. The molecule has 3 unspecified atom stereocenters. The molecule has 0 saturated heterocycles. The predicted molar refractivity (Wildman–Crippen MR) is 79.2 cm³/mol. The second-order valence-corrected chi connectivity index (χ2v) is 5.15. The van der Waals surface area contributed by atoms with Crippen LogP contribution in [0.1, 0.15) is 46.5 Å². The average Bonchev–Trinajstić information content (AvgIpc) is 2.43. The van der Waals surface area contributed by atoms with E-state index in [-0.39, 0.29) is 6.61 Å². The second-order valence-electron chi connectivity index (χ2n) is 5.15. The van der Waals surface area contributed by atoms with Crippen molar-refractivity contribution in [2.24, 2.45) is 0 Å². The van der Waals surface area contributed by atoms with Crippen molar-refractivity contribution in [2.75, 3.05) is 6.61 Å². The van der Waals surface area contributed by atoms with Gasteiger partial charge in [0.2, 0.25) is 0 Å². The number of carbonyl (C=O) groups excluding carboxylic acids is 2. The summed E-state index contributed by atoms with van der Waals surface area (Å²) in [6.07, 6.45) is -2.79. The van der Waals surface area contributed by atoms with Crippen LogP contribution in [0.25, 0.3) is 0 Å². The topological polar surface area (TPSA) is 127 Å². The minimum atomic E-state index is -1.22. The van der Waals surface area contributed by atoms with E-state index in [1.165, 1.54) is 0 Å². The Balaban J connectivity index is 4.42. The van der Waals surface area contributed by atoms with Gasteiger partial charge in [-0.3, -0.25) is 19.2 Å². The SMILES string of the molecule is CCC(OCC(C)OC(CC)C(=O)CC(=O)O)C(=O)CC(=O)O. The van der Waals surface area contributed by atoms with Crippen LogP contribution in [0.3, 0.4) is 0 Å². The van der Waals surface area contributed by atoms with Crippen molar-refractivity contribution in [2.45, 2.75) is 64.8 Å². The maximum absolute atomic E-state index is 11.7. The van der Waals surface area contributed by atoms with Crippen LogP contribution in [0, 0.1) is 0 Å². The summed E-state index contributed by atoms with van der Waals surface area (Å²) >= 11 is 0. The number of rotatable bonds is 13. The van der Waals surface area contributed by atoms with Crippen LogP contribution in [0.5, 0.6) is 0 Å². The van der Waals surface area contributed by atoms with E-state index in [1.54, 1.807) is 20.8 Å². The van der Waals surface area contributed by atoms with Crippen LogP contribution >= 0.6 is 0 Å². The molecule has 0 aliphatic carbocycles. The molecule has 0 aromatic rings. The van der Waals surface area contributed by atoms with E-state index in [0.717, 1.165) is 0 Å². The van der Waals surface area contributed by atoms with E-state index in [9.17, 15) is 19.2 Å².